The number of phenols is 1. The summed E-state index contributed by atoms with van der Waals surface area (Å²) in [6.45, 7) is 3.86. The number of aromatic hydroxyl groups is 1. The van der Waals surface area contributed by atoms with E-state index in [0.717, 1.165) is 22.3 Å². The summed E-state index contributed by atoms with van der Waals surface area (Å²) in [5, 5.41) is 20.8. The average Bonchev–Trinajstić information content (AvgIpc) is 3.13. The average molecular weight is 362 g/mol. The molecule has 7 nitrogen and oxygen atoms in total. The van der Waals surface area contributed by atoms with Crippen molar-refractivity contribution in [2.24, 2.45) is 0 Å². The lowest BCUT2D eigenvalue weighted by molar-refractivity contribution is -0.113. The molecular formula is C15H14N4O3S2. The van der Waals surface area contributed by atoms with Crippen molar-refractivity contribution in [3.05, 3.63) is 34.8 Å². The van der Waals surface area contributed by atoms with E-state index in [1.165, 1.54) is 23.5 Å². The van der Waals surface area contributed by atoms with Crippen molar-refractivity contribution < 1.29 is 14.3 Å². The van der Waals surface area contributed by atoms with E-state index in [2.05, 4.69) is 20.5 Å². The van der Waals surface area contributed by atoms with Gasteiger partial charge in [-0.05, 0) is 38.1 Å². The van der Waals surface area contributed by atoms with Crippen LogP contribution in [0, 0.1) is 13.8 Å². The van der Waals surface area contributed by atoms with E-state index in [4.69, 9.17) is 4.42 Å². The highest BCUT2D eigenvalue weighted by Crippen LogP contribution is 2.25. The molecule has 124 valence electrons. The minimum atomic E-state index is -0.182. The zero-order valence-corrected chi connectivity index (χ0v) is 14.6. The normalized spacial score (nSPS) is 10.8. The number of amides is 1. The lowest BCUT2D eigenvalue weighted by atomic mass is 10.2. The second kappa shape index (κ2) is 7.02. The standard InChI is InChI=1S/C15H14N4O3S2/c1-8-9(2)24-14(16-8)17-12(21)7-23-15-19-18-13(22-15)10-3-5-11(20)6-4-10/h3-6,20H,7H2,1-2H3,(H,16,17,21). The molecule has 24 heavy (non-hydrogen) atoms. The zero-order chi connectivity index (χ0) is 17.1. The summed E-state index contributed by atoms with van der Waals surface area (Å²) in [6, 6.07) is 6.43. The summed E-state index contributed by atoms with van der Waals surface area (Å²) in [4.78, 5) is 17.3. The van der Waals surface area contributed by atoms with Gasteiger partial charge in [-0.2, -0.15) is 0 Å². The molecule has 0 bridgehead atoms. The Morgan fingerprint density at radius 3 is 2.71 bits per heavy atom. The van der Waals surface area contributed by atoms with Gasteiger partial charge in [-0.25, -0.2) is 4.98 Å². The van der Waals surface area contributed by atoms with Crippen LogP contribution in [-0.2, 0) is 4.79 Å². The Balaban J connectivity index is 1.57. The number of benzene rings is 1. The third-order valence-electron chi connectivity index (χ3n) is 3.12. The van der Waals surface area contributed by atoms with Crippen molar-refractivity contribution in [2.75, 3.05) is 11.1 Å². The molecule has 1 aromatic carbocycles. The zero-order valence-electron chi connectivity index (χ0n) is 12.9. The highest BCUT2D eigenvalue weighted by atomic mass is 32.2. The molecule has 2 heterocycles. The summed E-state index contributed by atoms with van der Waals surface area (Å²) < 4.78 is 5.50. The smallest absolute Gasteiger partial charge is 0.277 e. The van der Waals surface area contributed by atoms with E-state index in [0.29, 0.717) is 21.8 Å². The van der Waals surface area contributed by atoms with Crippen LogP contribution in [0.2, 0.25) is 0 Å². The molecule has 0 saturated heterocycles. The first-order valence-corrected chi connectivity index (χ1v) is 8.81. The Labute approximate surface area is 146 Å². The molecule has 0 atom stereocenters. The van der Waals surface area contributed by atoms with Crippen LogP contribution in [0.4, 0.5) is 5.13 Å². The van der Waals surface area contributed by atoms with Crippen molar-refractivity contribution in [1.29, 1.82) is 0 Å². The van der Waals surface area contributed by atoms with Crippen LogP contribution in [0.25, 0.3) is 11.5 Å². The first-order chi connectivity index (χ1) is 11.5. The number of aromatic nitrogens is 3. The van der Waals surface area contributed by atoms with Crippen LogP contribution in [0.5, 0.6) is 5.75 Å². The fourth-order valence-electron chi connectivity index (χ4n) is 1.80. The van der Waals surface area contributed by atoms with Crippen molar-refractivity contribution in [1.82, 2.24) is 15.2 Å². The van der Waals surface area contributed by atoms with Crippen LogP contribution < -0.4 is 5.32 Å². The number of thioether (sulfide) groups is 1. The summed E-state index contributed by atoms with van der Waals surface area (Å²) in [5.41, 5.74) is 1.61. The Kier molecular flexibility index (Phi) is 4.81. The number of nitrogens with zero attached hydrogens (tertiary/aromatic N) is 3. The quantitative estimate of drug-likeness (QED) is 0.672. The second-order valence-electron chi connectivity index (χ2n) is 4.92. The number of carbonyl (C=O) groups excluding carboxylic acids is 1. The van der Waals surface area contributed by atoms with Gasteiger partial charge in [0.05, 0.1) is 11.4 Å². The van der Waals surface area contributed by atoms with Gasteiger partial charge < -0.3 is 14.8 Å². The Bertz CT molecular complexity index is 838. The van der Waals surface area contributed by atoms with Gasteiger partial charge in [-0.3, -0.25) is 4.79 Å². The van der Waals surface area contributed by atoms with E-state index in [1.807, 2.05) is 13.8 Å². The molecule has 3 aromatic rings. The third kappa shape index (κ3) is 3.92. The van der Waals surface area contributed by atoms with Crippen molar-refractivity contribution in [3.63, 3.8) is 0 Å². The van der Waals surface area contributed by atoms with Gasteiger partial charge in [0.25, 0.3) is 5.22 Å². The fourth-order valence-corrected chi connectivity index (χ4v) is 3.19. The number of hydrogen-bond acceptors (Lipinski definition) is 8. The number of anilines is 1. The molecule has 0 unspecified atom stereocenters. The Morgan fingerprint density at radius 2 is 2.04 bits per heavy atom. The van der Waals surface area contributed by atoms with E-state index >= 15 is 0 Å². The maximum Gasteiger partial charge on any atom is 0.277 e. The summed E-state index contributed by atoms with van der Waals surface area (Å²) in [6.07, 6.45) is 0. The molecule has 2 aromatic heterocycles. The van der Waals surface area contributed by atoms with Gasteiger partial charge in [0.1, 0.15) is 5.75 Å². The molecule has 1 amide bonds. The first kappa shape index (κ1) is 16.5. The summed E-state index contributed by atoms with van der Waals surface area (Å²) in [7, 11) is 0. The van der Waals surface area contributed by atoms with E-state index in [9.17, 15) is 9.90 Å². The molecule has 0 fully saturated rings. The Morgan fingerprint density at radius 1 is 1.29 bits per heavy atom. The van der Waals surface area contributed by atoms with Crippen molar-refractivity contribution >= 4 is 34.1 Å². The highest BCUT2D eigenvalue weighted by Gasteiger charge is 2.13. The Hall–Kier alpha value is -2.39. The molecule has 0 radical (unpaired) electrons. The van der Waals surface area contributed by atoms with Gasteiger partial charge in [0.15, 0.2) is 5.13 Å². The SMILES string of the molecule is Cc1nc(NC(=O)CSc2nnc(-c3ccc(O)cc3)o2)sc1C. The number of phenolic OH excluding ortho intramolecular Hbond substituents is 1. The number of carbonyl (C=O) groups is 1. The lowest BCUT2D eigenvalue weighted by Crippen LogP contribution is -2.13. The molecule has 0 saturated carbocycles. The molecule has 0 aliphatic rings. The van der Waals surface area contributed by atoms with Crippen LogP contribution in [-0.4, -0.2) is 31.9 Å². The van der Waals surface area contributed by atoms with Crippen LogP contribution >= 0.6 is 23.1 Å². The molecule has 0 aliphatic carbocycles. The third-order valence-corrected chi connectivity index (χ3v) is 4.93. The minimum Gasteiger partial charge on any atom is -0.508 e. The molecular weight excluding hydrogens is 348 g/mol. The summed E-state index contributed by atoms with van der Waals surface area (Å²) in [5.74, 6) is 0.467. The predicted octanol–water partition coefficient (Wildman–Crippen LogP) is 3.25. The maximum absolute atomic E-state index is 11.9. The van der Waals surface area contributed by atoms with E-state index in [1.54, 1.807) is 12.1 Å². The predicted molar refractivity (Wildman–Crippen MR) is 92.3 cm³/mol. The van der Waals surface area contributed by atoms with Gasteiger partial charge in [0, 0.05) is 10.4 Å². The largest absolute Gasteiger partial charge is 0.508 e. The second-order valence-corrected chi connectivity index (χ2v) is 7.05. The van der Waals surface area contributed by atoms with Crippen LogP contribution in [0.3, 0.4) is 0 Å². The highest BCUT2D eigenvalue weighted by molar-refractivity contribution is 7.99. The van der Waals surface area contributed by atoms with Crippen molar-refractivity contribution in [2.45, 2.75) is 19.1 Å². The summed E-state index contributed by atoms with van der Waals surface area (Å²) >= 11 is 2.60. The van der Waals surface area contributed by atoms with E-state index in [-0.39, 0.29) is 17.4 Å². The van der Waals surface area contributed by atoms with Crippen molar-refractivity contribution in [3.8, 4) is 17.2 Å². The number of nitrogens with one attached hydrogen (secondary N) is 1. The van der Waals surface area contributed by atoms with Crippen LogP contribution in [0.1, 0.15) is 10.6 Å². The van der Waals surface area contributed by atoms with Gasteiger partial charge in [0.2, 0.25) is 11.8 Å². The van der Waals surface area contributed by atoms with Gasteiger partial charge in [-0.1, -0.05) is 11.8 Å². The molecule has 3 rings (SSSR count). The fraction of sp³-hybridized carbons (Fsp3) is 0.200. The molecule has 9 heteroatoms. The maximum atomic E-state index is 11.9. The number of hydrogen-bond donors (Lipinski definition) is 2. The monoisotopic (exact) mass is 362 g/mol. The number of aryl methyl sites for hydroxylation is 2. The first-order valence-electron chi connectivity index (χ1n) is 7.01. The molecule has 2 N–H and O–H groups in total. The lowest BCUT2D eigenvalue weighted by Gasteiger charge is -1.99. The number of rotatable bonds is 5. The number of thiazole rings is 1. The van der Waals surface area contributed by atoms with E-state index < -0.39 is 0 Å². The minimum absolute atomic E-state index is 0.148. The van der Waals surface area contributed by atoms with Gasteiger partial charge in [-0.15, -0.1) is 21.5 Å². The van der Waals surface area contributed by atoms with Crippen LogP contribution in [0.15, 0.2) is 33.9 Å². The van der Waals surface area contributed by atoms with Gasteiger partial charge >= 0.3 is 0 Å². The molecule has 0 aliphatic heterocycles. The topological polar surface area (TPSA) is 101 Å². The molecule has 0 spiro atoms.